The summed E-state index contributed by atoms with van der Waals surface area (Å²) in [5.74, 6) is -0.843. The molecule has 0 aliphatic carbocycles. The summed E-state index contributed by atoms with van der Waals surface area (Å²) in [7, 11) is 0. The van der Waals surface area contributed by atoms with Crippen LogP contribution in [0.2, 0.25) is 0 Å². The zero-order chi connectivity index (χ0) is 22.7. The van der Waals surface area contributed by atoms with Crippen LogP contribution in [0.15, 0.2) is 66.7 Å². The number of benzene rings is 3. The molecule has 0 bridgehead atoms. The Bertz CT molecular complexity index is 1070. The molecule has 0 aromatic heterocycles. The van der Waals surface area contributed by atoms with Gasteiger partial charge in [-0.05, 0) is 47.0 Å². The highest BCUT2D eigenvalue weighted by molar-refractivity contribution is 5.74. The topological polar surface area (TPSA) is 44.7 Å². The van der Waals surface area contributed by atoms with Crippen LogP contribution < -0.4 is 10.1 Å². The number of phenolic OH excluding ortho intramolecular Hbond substituents is 1. The van der Waals surface area contributed by atoms with Crippen molar-refractivity contribution in [1.29, 1.82) is 0 Å². The van der Waals surface area contributed by atoms with E-state index in [0.29, 0.717) is 25.2 Å². The van der Waals surface area contributed by atoms with E-state index in [1.807, 2.05) is 12.1 Å². The second-order valence-electron chi connectivity index (χ2n) is 7.63. The SMILES string of the molecule is Oc1ccc(OC(F)(F)F)c(-c2ccccc2CN2CCNC[C@H]2c2ccc(F)cc2)c1. The Balaban J connectivity index is 1.68. The van der Waals surface area contributed by atoms with Crippen LogP contribution in [0.4, 0.5) is 17.6 Å². The molecule has 0 radical (unpaired) electrons. The second-order valence-corrected chi connectivity index (χ2v) is 7.63. The zero-order valence-electron chi connectivity index (χ0n) is 17.1. The Kier molecular flexibility index (Phi) is 6.34. The molecule has 8 heteroatoms. The van der Waals surface area contributed by atoms with Crippen molar-refractivity contribution < 1.29 is 27.4 Å². The number of halogens is 4. The molecule has 1 heterocycles. The summed E-state index contributed by atoms with van der Waals surface area (Å²) in [6.07, 6.45) is -4.85. The molecule has 32 heavy (non-hydrogen) atoms. The highest BCUT2D eigenvalue weighted by atomic mass is 19.4. The van der Waals surface area contributed by atoms with Crippen LogP contribution in [0.3, 0.4) is 0 Å². The number of phenols is 1. The Morgan fingerprint density at radius 2 is 1.75 bits per heavy atom. The second kappa shape index (κ2) is 9.18. The van der Waals surface area contributed by atoms with E-state index in [4.69, 9.17) is 0 Å². The summed E-state index contributed by atoms with van der Waals surface area (Å²) < 4.78 is 56.5. The highest BCUT2D eigenvalue weighted by Crippen LogP contribution is 2.38. The predicted octanol–water partition coefficient (Wildman–Crippen LogP) is 5.24. The normalized spacial score (nSPS) is 17.3. The molecular weight excluding hydrogens is 424 g/mol. The molecule has 0 saturated carbocycles. The third-order valence-electron chi connectivity index (χ3n) is 5.48. The number of ether oxygens (including phenoxy) is 1. The van der Waals surface area contributed by atoms with Crippen LogP contribution in [0.1, 0.15) is 17.2 Å². The minimum absolute atomic E-state index is 0.0209. The van der Waals surface area contributed by atoms with E-state index < -0.39 is 6.36 Å². The summed E-state index contributed by atoms with van der Waals surface area (Å²) in [4.78, 5) is 2.20. The van der Waals surface area contributed by atoms with Gasteiger partial charge in [0.2, 0.25) is 0 Å². The van der Waals surface area contributed by atoms with Crippen LogP contribution in [-0.2, 0) is 6.54 Å². The van der Waals surface area contributed by atoms with E-state index in [0.717, 1.165) is 29.8 Å². The van der Waals surface area contributed by atoms with Crippen molar-refractivity contribution in [3.63, 3.8) is 0 Å². The van der Waals surface area contributed by atoms with Gasteiger partial charge in [-0.25, -0.2) is 4.39 Å². The van der Waals surface area contributed by atoms with Gasteiger partial charge in [0.15, 0.2) is 0 Å². The molecule has 1 aliphatic rings. The molecule has 3 aromatic rings. The summed E-state index contributed by atoms with van der Waals surface area (Å²) >= 11 is 0. The molecule has 168 valence electrons. The van der Waals surface area contributed by atoms with Crippen molar-refractivity contribution >= 4 is 0 Å². The van der Waals surface area contributed by atoms with E-state index in [1.54, 1.807) is 24.3 Å². The van der Waals surface area contributed by atoms with Gasteiger partial charge < -0.3 is 15.2 Å². The van der Waals surface area contributed by atoms with E-state index in [1.165, 1.54) is 18.2 Å². The highest BCUT2D eigenvalue weighted by Gasteiger charge is 2.33. The number of rotatable bonds is 5. The maximum Gasteiger partial charge on any atom is 0.573 e. The lowest BCUT2D eigenvalue weighted by Crippen LogP contribution is -2.45. The Morgan fingerprint density at radius 3 is 2.50 bits per heavy atom. The van der Waals surface area contributed by atoms with Crippen molar-refractivity contribution in [3.8, 4) is 22.6 Å². The fraction of sp³-hybridized carbons (Fsp3) is 0.250. The van der Waals surface area contributed by atoms with Gasteiger partial charge in [0.1, 0.15) is 17.3 Å². The first-order valence-corrected chi connectivity index (χ1v) is 10.2. The average molecular weight is 446 g/mol. The van der Waals surface area contributed by atoms with Crippen molar-refractivity contribution in [2.75, 3.05) is 19.6 Å². The molecule has 2 N–H and O–H groups in total. The minimum Gasteiger partial charge on any atom is -0.508 e. The summed E-state index contributed by atoms with van der Waals surface area (Å²) in [5.41, 5.74) is 2.44. The number of piperazine rings is 1. The van der Waals surface area contributed by atoms with Crippen LogP contribution in [-0.4, -0.2) is 36.0 Å². The van der Waals surface area contributed by atoms with Crippen LogP contribution in [0.25, 0.3) is 11.1 Å². The number of nitrogens with one attached hydrogen (secondary N) is 1. The van der Waals surface area contributed by atoms with Crippen molar-refractivity contribution in [2.24, 2.45) is 0 Å². The molecule has 1 saturated heterocycles. The van der Waals surface area contributed by atoms with E-state index in [9.17, 15) is 22.7 Å². The smallest absolute Gasteiger partial charge is 0.508 e. The lowest BCUT2D eigenvalue weighted by molar-refractivity contribution is -0.274. The Hall–Kier alpha value is -3.10. The first-order chi connectivity index (χ1) is 15.3. The standard InChI is InChI=1S/C24H22F4N2O2/c25-18-7-5-16(6-8-18)22-14-29-11-12-30(22)15-17-3-1-2-4-20(17)21-13-19(31)9-10-23(21)32-24(26,27)28/h1-10,13,22,29,31H,11-12,14-15H2/t22-/m0/s1. The lowest BCUT2D eigenvalue weighted by Gasteiger charge is -2.37. The van der Waals surface area contributed by atoms with Crippen molar-refractivity contribution in [2.45, 2.75) is 18.9 Å². The first-order valence-electron chi connectivity index (χ1n) is 10.2. The van der Waals surface area contributed by atoms with Gasteiger partial charge in [-0.15, -0.1) is 13.2 Å². The van der Waals surface area contributed by atoms with Crippen LogP contribution in [0.5, 0.6) is 11.5 Å². The van der Waals surface area contributed by atoms with E-state index in [-0.39, 0.29) is 28.9 Å². The molecule has 4 nitrogen and oxygen atoms in total. The number of nitrogens with zero attached hydrogens (tertiary/aromatic N) is 1. The van der Waals surface area contributed by atoms with Gasteiger partial charge in [-0.2, -0.15) is 0 Å². The Morgan fingerprint density at radius 1 is 1.00 bits per heavy atom. The third-order valence-corrected chi connectivity index (χ3v) is 5.48. The largest absolute Gasteiger partial charge is 0.573 e. The first kappa shape index (κ1) is 22.1. The van der Waals surface area contributed by atoms with Crippen LogP contribution >= 0.6 is 0 Å². The maximum absolute atomic E-state index is 13.4. The number of alkyl halides is 3. The molecule has 1 aliphatic heterocycles. The average Bonchev–Trinajstić information content (AvgIpc) is 2.76. The van der Waals surface area contributed by atoms with E-state index in [2.05, 4.69) is 15.0 Å². The molecule has 1 atom stereocenters. The molecule has 1 fully saturated rings. The van der Waals surface area contributed by atoms with Gasteiger partial charge in [0, 0.05) is 37.8 Å². The van der Waals surface area contributed by atoms with Gasteiger partial charge in [0.25, 0.3) is 0 Å². The lowest BCUT2D eigenvalue weighted by atomic mass is 9.96. The molecule has 4 rings (SSSR count). The number of aromatic hydroxyl groups is 1. The zero-order valence-corrected chi connectivity index (χ0v) is 17.1. The van der Waals surface area contributed by atoms with Crippen molar-refractivity contribution in [1.82, 2.24) is 10.2 Å². The minimum atomic E-state index is -4.85. The van der Waals surface area contributed by atoms with Gasteiger partial charge in [-0.1, -0.05) is 36.4 Å². The summed E-state index contributed by atoms with van der Waals surface area (Å²) in [5, 5.41) is 13.3. The fourth-order valence-electron chi connectivity index (χ4n) is 4.03. The van der Waals surface area contributed by atoms with Gasteiger partial charge in [-0.3, -0.25) is 4.90 Å². The van der Waals surface area contributed by atoms with Gasteiger partial charge in [0.05, 0.1) is 0 Å². The number of hydrogen-bond acceptors (Lipinski definition) is 4. The van der Waals surface area contributed by atoms with Crippen LogP contribution in [0, 0.1) is 5.82 Å². The quantitative estimate of drug-likeness (QED) is 0.526. The maximum atomic E-state index is 13.4. The summed E-state index contributed by atoms with van der Waals surface area (Å²) in [6, 6.07) is 17.0. The van der Waals surface area contributed by atoms with Crippen molar-refractivity contribution in [3.05, 3.63) is 83.7 Å². The monoisotopic (exact) mass is 446 g/mol. The molecule has 0 spiro atoms. The molecular formula is C24H22F4N2O2. The molecule has 0 amide bonds. The summed E-state index contributed by atoms with van der Waals surface area (Å²) in [6.45, 7) is 2.60. The number of hydrogen-bond donors (Lipinski definition) is 2. The Labute approximate surface area is 183 Å². The molecule has 0 unspecified atom stereocenters. The predicted molar refractivity (Wildman–Crippen MR) is 113 cm³/mol. The van der Waals surface area contributed by atoms with E-state index >= 15 is 0 Å². The fourth-order valence-corrected chi connectivity index (χ4v) is 4.03. The molecule has 3 aromatic carbocycles. The third kappa shape index (κ3) is 5.20. The van der Waals surface area contributed by atoms with Gasteiger partial charge >= 0.3 is 6.36 Å².